The van der Waals surface area contributed by atoms with Gasteiger partial charge in [0, 0.05) is 30.2 Å². The molecule has 0 unspecified atom stereocenters. The van der Waals surface area contributed by atoms with Crippen molar-refractivity contribution in [1.29, 1.82) is 0 Å². The van der Waals surface area contributed by atoms with E-state index in [9.17, 15) is 14.4 Å². The van der Waals surface area contributed by atoms with Crippen LogP contribution in [0, 0.1) is 5.92 Å². The van der Waals surface area contributed by atoms with Gasteiger partial charge in [-0.3, -0.25) is 24.0 Å². The number of rotatable bonds is 9. The van der Waals surface area contributed by atoms with Gasteiger partial charge >= 0.3 is 5.69 Å². The summed E-state index contributed by atoms with van der Waals surface area (Å²) in [6.45, 7) is 8.53. The Balaban J connectivity index is 1.48. The molecule has 1 aromatic carbocycles. The summed E-state index contributed by atoms with van der Waals surface area (Å²) in [6, 6.07) is 10.5. The highest BCUT2D eigenvalue weighted by Crippen LogP contribution is 2.30. The molecule has 3 heterocycles. The van der Waals surface area contributed by atoms with Crippen LogP contribution in [0.2, 0.25) is 0 Å². The van der Waals surface area contributed by atoms with Crippen LogP contribution < -0.4 is 21.9 Å². The zero-order valence-corrected chi connectivity index (χ0v) is 21.5. The summed E-state index contributed by atoms with van der Waals surface area (Å²) in [5.41, 5.74) is 7.65. The third-order valence-electron chi connectivity index (χ3n) is 7.01. The van der Waals surface area contributed by atoms with E-state index in [0.29, 0.717) is 19.0 Å². The molecule has 3 aromatic rings. The fraction of sp³-hybridized carbons (Fsp3) is 0.519. The summed E-state index contributed by atoms with van der Waals surface area (Å²) >= 11 is 0. The first-order valence-electron chi connectivity index (χ1n) is 13.0. The van der Waals surface area contributed by atoms with Gasteiger partial charge in [-0.2, -0.15) is 0 Å². The van der Waals surface area contributed by atoms with Crippen LogP contribution in [0.25, 0.3) is 10.9 Å². The van der Waals surface area contributed by atoms with Crippen molar-refractivity contribution in [2.75, 3.05) is 36.8 Å². The monoisotopic (exact) mass is 494 g/mol. The van der Waals surface area contributed by atoms with E-state index in [0.717, 1.165) is 44.3 Å². The number of anilines is 2. The Morgan fingerprint density at radius 1 is 1.17 bits per heavy atom. The minimum atomic E-state index is -0.612. The summed E-state index contributed by atoms with van der Waals surface area (Å²) < 4.78 is 1.36. The number of piperidine rings is 1. The molecule has 1 saturated heterocycles. The lowest BCUT2D eigenvalue weighted by molar-refractivity contribution is -0.120. The number of aromatic amines is 2. The number of nitrogens with two attached hydrogens (primary N) is 1. The van der Waals surface area contributed by atoms with Crippen LogP contribution in [0.15, 0.2) is 39.9 Å². The van der Waals surface area contributed by atoms with Crippen LogP contribution >= 0.6 is 0 Å². The first-order valence-corrected chi connectivity index (χ1v) is 13.0. The van der Waals surface area contributed by atoms with E-state index in [1.54, 1.807) is 0 Å². The predicted octanol–water partition coefficient (Wildman–Crippen LogP) is 3.27. The number of benzene rings is 1. The molecule has 0 spiro atoms. The number of nitrogen functional groups attached to an aromatic ring is 1. The van der Waals surface area contributed by atoms with E-state index >= 15 is 0 Å². The first-order chi connectivity index (χ1) is 17.3. The number of aromatic nitrogens is 3. The topological polar surface area (TPSA) is 120 Å². The minimum absolute atomic E-state index is 0.0550. The third kappa shape index (κ3) is 5.56. The number of carbonyl (C=O) groups is 1. The van der Waals surface area contributed by atoms with Crippen LogP contribution in [0.4, 0.5) is 11.5 Å². The van der Waals surface area contributed by atoms with Gasteiger partial charge in [-0.05, 0) is 55.8 Å². The van der Waals surface area contributed by atoms with Gasteiger partial charge in [-0.25, -0.2) is 4.79 Å². The molecule has 0 saturated carbocycles. The molecule has 0 atom stereocenters. The summed E-state index contributed by atoms with van der Waals surface area (Å²) in [5.74, 6) is 0.471. The van der Waals surface area contributed by atoms with Gasteiger partial charge in [0.2, 0.25) is 5.91 Å². The van der Waals surface area contributed by atoms with Crippen molar-refractivity contribution in [3.05, 3.63) is 56.9 Å². The van der Waals surface area contributed by atoms with E-state index in [-0.39, 0.29) is 29.9 Å². The Labute approximate surface area is 211 Å². The van der Waals surface area contributed by atoms with E-state index in [4.69, 9.17) is 5.73 Å². The molecular formula is C27H38N6O3. The molecule has 1 aliphatic rings. The lowest BCUT2D eigenvalue weighted by Gasteiger charge is -2.33. The first kappa shape index (κ1) is 25.8. The van der Waals surface area contributed by atoms with Crippen LogP contribution in [0.5, 0.6) is 0 Å². The van der Waals surface area contributed by atoms with Gasteiger partial charge < -0.3 is 15.6 Å². The Morgan fingerprint density at radius 3 is 2.56 bits per heavy atom. The molecule has 1 aliphatic heterocycles. The molecule has 4 rings (SSSR count). The fourth-order valence-corrected chi connectivity index (χ4v) is 5.06. The lowest BCUT2D eigenvalue weighted by Crippen LogP contribution is -2.47. The second-order valence-corrected chi connectivity index (χ2v) is 10.3. The number of carbonyl (C=O) groups excluding carboxylic acids is 1. The maximum atomic E-state index is 13.5. The SMILES string of the molecule is CCCCN(C(=O)CN1CCC(c2cc3ccccc3[nH]2)CC1)c1c(N)n(CC(C)C)c(=O)[nH]c1=O. The number of hydrogen-bond donors (Lipinski definition) is 3. The smallest absolute Gasteiger partial charge is 0.330 e. The van der Waals surface area contributed by atoms with Crippen molar-refractivity contribution in [2.45, 2.75) is 58.9 Å². The van der Waals surface area contributed by atoms with Gasteiger partial charge in [0.05, 0.1) is 6.54 Å². The highest BCUT2D eigenvalue weighted by molar-refractivity contribution is 5.96. The zero-order chi connectivity index (χ0) is 25.8. The van der Waals surface area contributed by atoms with Crippen molar-refractivity contribution >= 4 is 28.3 Å². The molecule has 4 N–H and O–H groups in total. The van der Waals surface area contributed by atoms with Crippen LogP contribution in [0.3, 0.4) is 0 Å². The van der Waals surface area contributed by atoms with Crippen molar-refractivity contribution in [2.24, 2.45) is 5.92 Å². The average Bonchev–Trinajstić information content (AvgIpc) is 3.28. The van der Waals surface area contributed by atoms with E-state index in [2.05, 4.69) is 33.1 Å². The maximum absolute atomic E-state index is 13.5. The molecule has 36 heavy (non-hydrogen) atoms. The number of H-pyrrole nitrogens is 2. The highest BCUT2D eigenvalue weighted by Gasteiger charge is 2.28. The third-order valence-corrected chi connectivity index (χ3v) is 7.01. The van der Waals surface area contributed by atoms with Crippen LogP contribution in [0.1, 0.15) is 58.1 Å². The second kappa shape index (κ2) is 11.2. The summed E-state index contributed by atoms with van der Waals surface area (Å²) in [7, 11) is 0. The largest absolute Gasteiger partial charge is 0.383 e. The summed E-state index contributed by atoms with van der Waals surface area (Å²) in [4.78, 5) is 48.2. The number of amides is 1. The summed E-state index contributed by atoms with van der Waals surface area (Å²) in [6.07, 6.45) is 3.51. The van der Waals surface area contributed by atoms with E-state index in [1.807, 2.05) is 32.9 Å². The van der Waals surface area contributed by atoms with E-state index in [1.165, 1.54) is 20.5 Å². The van der Waals surface area contributed by atoms with Gasteiger partial charge in [0.15, 0.2) is 5.69 Å². The number of nitrogens with zero attached hydrogens (tertiary/aromatic N) is 3. The van der Waals surface area contributed by atoms with Gasteiger partial charge in [-0.1, -0.05) is 45.4 Å². The van der Waals surface area contributed by atoms with Gasteiger partial charge in [0.1, 0.15) is 5.82 Å². The standard InChI is InChI=1S/C27H38N6O3/c1-4-5-12-32(24-25(28)33(16-18(2)3)27(36)30-26(24)35)23(34)17-31-13-10-19(11-14-31)22-15-20-8-6-7-9-21(20)29-22/h6-9,15,18-19,29H,4-5,10-14,16-17,28H2,1-3H3,(H,30,35,36). The average molecular weight is 495 g/mol. The number of hydrogen-bond acceptors (Lipinski definition) is 5. The summed E-state index contributed by atoms with van der Waals surface area (Å²) in [5, 5.41) is 1.22. The predicted molar refractivity (Wildman–Crippen MR) is 145 cm³/mol. The number of nitrogens with one attached hydrogen (secondary N) is 2. The zero-order valence-electron chi connectivity index (χ0n) is 21.5. The van der Waals surface area contributed by atoms with Gasteiger partial charge in [-0.15, -0.1) is 0 Å². The van der Waals surface area contributed by atoms with Crippen molar-refractivity contribution < 1.29 is 4.79 Å². The molecule has 9 heteroatoms. The Hall–Kier alpha value is -3.33. The number of likely N-dealkylation sites (tertiary alicyclic amines) is 1. The molecule has 2 aromatic heterocycles. The number of unbranched alkanes of at least 4 members (excludes halogenated alkanes) is 1. The molecule has 9 nitrogen and oxygen atoms in total. The van der Waals surface area contributed by atoms with E-state index < -0.39 is 11.2 Å². The molecule has 1 fully saturated rings. The highest BCUT2D eigenvalue weighted by atomic mass is 16.2. The quantitative estimate of drug-likeness (QED) is 0.422. The van der Waals surface area contributed by atoms with Crippen LogP contribution in [-0.2, 0) is 11.3 Å². The second-order valence-electron chi connectivity index (χ2n) is 10.3. The van der Waals surface area contributed by atoms with Crippen LogP contribution in [-0.4, -0.2) is 51.5 Å². The normalized spacial score (nSPS) is 15.1. The molecule has 0 aliphatic carbocycles. The Bertz CT molecular complexity index is 1280. The fourth-order valence-electron chi connectivity index (χ4n) is 5.06. The van der Waals surface area contributed by atoms with Gasteiger partial charge in [0.25, 0.3) is 5.56 Å². The molecular weight excluding hydrogens is 456 g/mol. The molecule has 0 bridgehead atoms. The lowest BCUT2D eigenvalue weighted by atomic mass is 9.93. The Morgan fingerprint density at radius 2 is 1.89 bits per heavy atom. The minimum Gasteiger partial charge on any atom is -0.383 e. The maximum Gasteiger partial charge on any atom is 0.330 e. The molecule has 0 radical (unpaired) electrons. The molecule has 194 valence electrons. The number of fused-ring (bicyclic) bond motifs is 1. The molecule has 1 amide bonds. The van der Waals surface area contributed by atoms with Crippen molar-refractivity contribution in [3.63, 3.8) is 0 Å². The van der Waals surface area contributed by atoms with Crippen molar-refractivity contribution in [1.82, 2.24) is 19.4 Å². The van der Waals surface area contributed by atoms with Crippen molar-refractivity contribution in [3.8, 4) is 0 Å². The number of para-hydroxylation sites is 1. The Kier molecular flexibility index (Phi) is 7.98.